The van der Waals surface area contributed by atoms with Gasteiger partial charge in [0.25, 0.3) is 5.91 Å². The van der Waals surface area contributed by atoms with Crippen LogP contribution >= 0.6 is 0 Å². The Kier molecular flexibility index (Phi) is 5.75. The Morgan fingerprint density at radius 3 is 1.82 bits per heavy atom. The summed E-state index contributed by atoms with van der Waals surface area (Å²) in [5.41, 5.74) is 4.79. The largest absolute Gasteiger partial charge is 0.480 e. The van der Waals surface area contributed by atoms with Crippen molar-refractivity contribution in [3.63, 3.8) is 0 Å². The Morgan fingerprint density at radius 1 is 0.706 bits per heavy atom. The first-order valence-electron chi connectivity index (χ1n) is 11.1. The van der Waals surface area contributed by atoms with Gasteiger partial charge in [0, 0.05) is 17.2 Å². The summed E-state index contributed by atoms with van der Waals surface area (Å²) in [6.07, 6.45) is 0.178. The molecule has 1 atom stereocenters. The molecular formula is C29H22N2O3. The van der Waals surface area contributed by atoms with E-state index < -0.39 is 17.9 Å². The van der Waals surface area contributed by atoms with Crippen LogP contribution in [0.1, 0.15) is 15.9 Å². The van der Waals surface area contributed by atoms with Gasteiger partial charge in [-0.05, 0) is 28.8 Å². The summed E-state index contributed by atoms with van der Waals surface area (Å²) in [7, 11) is 0. The van der Waals surface area contributed by atoms with Crippen molar-refractivity contribution < 1.29 is 14.7 Å². The number of pyridine rings is 1. The lowest BCUT2D eigenvalue weighted by atomic mass is 9.99. The Hall–Kier alpha value is -4.51. The number of hydrogen-bond donors (Lipinski definition) is 2. The maximum Gasteiger partial charge on any atom is 0.326 e. The summed E-state index contributed by atoms with van der Waals surface area (Å²) < 4.78 is 0. The molecule has 1 amide bonds. The fourth-order valence-electron chi connectivity index (χ4n) is 4.21. The Morgan fingerprint density at radius 2 is 1.24 bits per heavy atom. The van der Waals surface area contributed by atoms with Crippen molar-refractivity contribution in [2.75, 3.05) is 0 Å². The topological polar surface area (TPSA) is 79.3 Å². The summed E-state index contributed by atoms with van der Waals surface area (Å²) in [6.45, 7) is 0. The molecule has 0 aliphatic heterocycles. The number of aliphatic carboxylic acids is 1. The average molecular weight is 447 g/mol. The maximum atomic E-state index is 13.4. The zero-order valence-corrected chi connectivity index (χ0v) is 18.3. The monoisotopic (exact) mass is 446 g/mol. The molecule has 1 aromatic heterocycles. The summed E-state index contributed by atoms with van der Waals surface area (Å²) in [5, 5.41) is 14.0. The summed E-state index contributed by atoms with van der Waals surface area (Å²) >= 11 is 0. The van der Waals surface area contributed by atoms with Crippen molar-refractivity contribution in [2.24, 2.45) is 0 Å². The minimum atomic E-state index is -1.08. The van der Waals surface area contributed by atoms with Crippen molar-refractivity contribution in [3.8, 4) is 11.1 Å². The molecule has 0 radical (unpaired) electrons. The molecule has 34 heavy (non-hydrogen) atoms. The van der Waals surface area contributed by atoms with Crippen molar-refractivity contribution >= 4 is 33.7 Å². The van der Waals surface area contributed by atoms with E-state index in [1.165, 1.54) is 0 Å². The van der Waals surface area contributed by atoms with Crippen LogP contribution < -0.4 is 5.32 Å². The van der Waals surface area contributed by atoms with Gasteiger partial charge in [0.1, 0.15) is 6.04 Å². The smallest absolute Gasteiger partial charge is 0.326 e. The van der Waals surface area contributed by atoms with Crippen LogP contribution in [0.25, 0.3) is 32.9 Å². The van der Waals surface area contributed by atoms with E-state index >= 15 is 0 Å². The first-order chi connectivity index (χ1) is 16.6. The van der Waals surface area contributed by atoms with Crippen molar-refractivity contribution in [3.05, 3.63) is 114 Å². The molecule has 0 saturated carbocycles. The van der Waals surface area contributed by atoms with Gasteiger partial charge in [-0.15, -0.1) is 0 Å². The number of rotatable bonds is 6. The number of nitrogens with zero attached hydrogens (tertiary/aromatic N) is 1. The highest BCUT2D eigenvalue weighted by Gasteiger charge is 2.24. The molecule has 5 aromatic rings. The average Bonchev–Trinajstić information content (AvgIpc) is 2.87. The van der Waals surface area contributed by atoms with Gasteiger partial charge in [-0.25, -0.2) is 9.78 Å². The van der Waals surface area contributed by atoms with Crippen LogP contribution in [-0.4, -0.2) is 28.0 Å². The minimum absolute atomic E-state index is 0.178. The van der Waals surface area contributed by atoms with Crippen LogP contribution in [0.3, 0.4) is 0 Å². The van der Waals surface area contributed by atoms with E-state index in [0.29, 0.717) is 27.4 Å². The number of carboxylic acid groups (broad SMARTS) is 1. The third-order valence-corrected chi connectivity index (χ3v) is 5.92. The molecule has 0 spiro atoms. The van der Waals surface area contributed by atoms with Gasteiger partial charge < -0.3 is 10.4 Å². The van der Waals surface area contributed by atoms with E-state index in [-0.39, 0.29) is 6.42 Å². The lowest BCUT2D eigenvalue weighted by Crippen LogP contribution is -2.42. The lowest BCUT2D eigenvalue weighted by molar-refractivity contribution is -0.139. The quantitative estimate of drug-likeness (QED) is 0.339. The third-order valence-electron chi connectivity index (χ3n) is 5.92. The van der Waals surface area contributed by atoms with Crippen molar-refractivity contribution in [1.82, 2.24) is 10.3 Å². The molecule has 4 aromatic carbocycles. The molecule has 166 valence electrons. The normalized spacial score (nSPS) is 11.9. The van der Waals surface area contributed by atoms with E-state index in [1.807, 2.05) is 103 Å². The van der Waals surface area contributed by atoms with E-state index in [1.54, 1.807) is 0 Å². The van der Waals surface area contributed by atoms with E-state index in [0.717, 1.165) is 16.7 Å². The molecule has 5 rings (SSSR count). The van der Waals surface area contributed by atoms with Gasteiger partial charge in [0.2, 0.25) is 0 Å². The van der Waals surface area contributed by atoms with Crippen LogP contribution in [0.4, 0.5) is 0 Å². The van der Waals surface area contributed by atoms with Crippen molar-refractivity contribution in [1.29, 1.82) is 0 Å². The Balaban J connectivity index is 1.44. The predicted molar refractivity (Wildman–Crippen MR) is 134 cm³/mol. The number of nitrogens with one attached hydrogen (secondary N) is 1. The number of hydrogen-bond acceptors (Lipinski definition) is 3. The zero-order valence-electron chi connectivity index (χ0n) is 18.3. The third kappa shape index (κ3) is 4.24. The number of carboxylic acids is 1. The summed E-state index contributed by atoms with van der Waals surface area (Å²) in [5.74, 6) is -1.51. The molecule has 0 fully saturated rings. The standard InChI is InChI=1S/C29H22N2O3/c32-28(27-22-10-4-6-12-24(22)30-25-13-7-5-11-23(25)27)31-26(29(33)34)18-19-14-16-21(17-15-19)20-8-2-1-3-9-20/h1-17,26H,18H2,(H,31,32)(H,33,34)/t26-/m1/s1. The Bertz CT molecular complexity index is 1440. The first-order valence-corrected chi connectivity index (χ1v) is 11.1. The van der Waals surface area contributed by atoms with Gasteiger partial charge in [-0.1, -0.05) is 91.0 Å². The predicted octanol–water partition coefficient (Wildman–Crippen LogP) is 5.48. The number of para-hydroxylation sites is 2. The van der Waals surface area contributed by atoms with Gasteiger partial charge in [-0.2, -0.15) is 0 Å². The number of amides is 1. The number of fused-ring (bicyclic) bond motifs is 2. The van der Waals surface area contributed by atoms with Gasteiger partial charge >= 0.3 is 5.97 Å². The number of carbonyl (C=O) groups is 2. The SMILES string of the molecule is O=C(N[C@H](Cc1ccc(-c2ccccc2)cc1)C(=O)O)c1c2ccccc2nc2ccccc12. The highest BCUT2D eigenvalue weighted by molar-refractivity contribution is 6.16. The molecule has 1 heterocycles. The van der Waals surface area contributed by atoms with Crippen LogP contribution in [0.2, 0.25) is 0 Å². The first kappa shape index (κ1) is 21.3. The van der Waals surface area contributed by atoms with E-state index in [4.69, 9.17) is 0 Å². The fourth-order valence-corrected chi connectivity index (χ4v) is 4.21. The highest BCUT2D eigenvalue weighted by atomic mass is 16.4. The Labute approximate surface area is 196 Å². The van der Waals surface area contributed by atoms with Gasteiger partial charge in [0.05, 0.1) is 16.6 Å². The molecule has 5 heteroatoms. The van der Waals surface area contributed by atoms with E-state index in [2.05, 4.69) is 10.3 Å². The van der Waals surface area contributed by atoms with Crippen LogP contribution in [-0.2, 0) is 11.2 Å². The summed E-state index contributed by atoms with van der Waals surface area (Å²) in [6, 6.07) is 31.4. The molecule has 0 aliphatic rings. The summed E-state index contributed by atoms with van der Waals surface area (Å²) in [4.78, 5) is 30.1. The number of benzene rings is 4. The number of carbonyl (C=O) groups excluding carboxylic acids is 1. The van der Waals surface area contributed by atoms with Gasteiger partial charge in [0.15, 0.2) is 0 Å². The fraction of sp³-hybridized carbons (Fsp3) is 0.0690. The molecule has 0 aliphatic carbocycles. The van der Waals surface area contributed by atoms with Gasteiger partial charge in [-0.3, -0.25) is 4.79 Å². The van der Waals surface area contributed by atoms with Crippen LogP contribution in [0.5, 0.6) is 0 Å². The van der Waals surface area contributed by atoms with E-state index in [9.17, 15) is 14.7 Å². The van der Waals surface area contributed by atoms with Crippen LogP contribution in [0.15, 0.2) is 103 Å². The minimum Gasteiger partial charge on any atom is -0.480 e. The van der Waals surface area contributed by atoms with Crippen molar-refractivity contribution in [2.45, 2.75) is 12.5 Å². The number of aromatic nitrogens is 1. The molecule has 2 N–H and O–H groups in total. The second-order valence-corrected chi connectivity index (χ2v) is 8.15. The molecule has 0 bridgehead atoms. The second kappa shape index (κ2) is 9.16. The zero-order chi connectivity index (χ0) is 23.5. The highest BCUT2D eigenvalue weighted by Crippen LogP contribution is 2.26. The molecule has 5 nitrogen and oxygen atoms in total. The molecular weight excluding hydrogens is 424 g/mol. The lowest BCUT2D eigenvalue weighted by Gasteiger charge is -2.17. The second-order valence-electron chi connectivity index (χ2n) is 8.15. The van der Waals surface area contributed by atoms with Crippen LogP contribution in [0, 0.1) is 0 Å². The molecule has 0 unspecified atom stereocenters. The molecule has 0 saturated heterocycles. The maximum absolute atomic E-state index is 13.4.